The van der Waals surface area contributed by atoms with Gasteiger partial charge in [-0.2, -0.15) is 0 Å². The Bertz CT molecular complexity index is 1100. The molecule has 0 radical (unpaired) electrons. The van der Waals surface area contributed by atoms with Gasteiger partial charge in [0.25, 0.3) is 11.8 Å². The molecule has 0 saturated heterocycles. The van der Waals surface area contributed by atoms with Crippen molar-refractivity contribution in [1.82, 2.24) is 15.4 Å². The van der Waals surface area contributed by atoms with Gasteiger partial charge in [0, 0.05) is 24.2 Å². The highest BCUT2D eigenvalue weighted by atomic mass is 32.2. The quantitative estimate of drug-likeness (QED) is 0.419. The van der Waals surface area contributed by atoms with Gasteiger partial charge in [0.1, 0.15) is 0 Å². The second-order valence-electron chi connectivity index (χ2n) is 8.36. The number of hydrogen-bond acceptors (Lipinski definition) is 6. The molecule has 10 heteroatoms. The van der Waals surface area contributed by atoms with Gasteiger partial charge in [0.15, 0.2) is 18.1 Å². The number of methoxy groups -OCH3 is 1. The summed E-state index contributed by atoms with van der Waals surface area (Å²) in [5.41, 5.74) is 1.65. The average molecular weight is 492 g/mol. The van der Waals surface area contributed by atoms with E-state index in [1.807, 2.05) is 13.8 Å². The van der Waals surface area contributed by atoms with Crippen molar-refractivity contribution in [3.63, 3.8) is 0 Å². The van der Waals surface area contributed by atoms with E-state index in [0.717, 1.165) is 0 Å². The Morgan fingerprint density at radius 2 is 1.62 bits per heavy atom. The normalized spacial score (nSPS) is 11.4. The summed E-state index contributed by atoms with van der Waals surface area (Å²) in [6.07, 6.45) is 0. The number of ether oxygens (including phenoxy) is 2. The molecular formula is C24H33N3O6S. The minimum absolute atomic E-state index is 0.000717. The van der Waals surface area contributed by atoms with Gasteiger partial charge >= 0.3 is 0 Å². The van der Waals surface area contributed by atoms with E-state index >= 15 is 0 Å². The van der Waals surface area contributed by atoms with Gasteiger partial charge in [0.2, 0.25) is 10.0 Å². The zero-order valence-electron chi connectivity index (χ0n) is 20.2. The van der Waals surface area contributed by atoms with Gasteiger partial charge in [0.05, 0.1) is 12.9 Å². The molecule has 0 heterocycles. The van der Waals surface area contributed by atoms with E-state index in [9.17, 15) is 18.0 Å². The third kappa shape index (κ3) is 8.68. The van der Waals surface area contributed by atoms with Crippen molar-refractivity contribution in [1.29, 1.82) is 0 Å². The number of amides is 2. The molecule has 0 unspecified atom stereocenters. The van der Waals surface area contributed by atoms with E-state index in [1.54, 1.807) is 50.2 Å². The fourth-order valence-electron chi connectivity index (χ4n) is 3.19. The van der Waals surface area contributed by atoms with Crippen LogP contribution in [-0.4, -0.2) is 46.0 Å². The lowest BCUT2D eigenvalue weighted by atomic mass is 10.1. The van der Waals surface area contributed by atoms with Gasteiger partial charge in [-0.25, -0.2) is 13.1 Å². The van der Waals surface area contributed by atoms with Crippen LogP contribution in [-0.2, 0) is 27.1 Å². The third-order valence-electron chi connectivity index (χ3n) is 4.55. The lowest BCUT2D eigenvalue weighted by Crippen LogP contribution is -2.34. The molecule has 0 saturated carbocycles. The highest BCUT2D eigenvalue weighted by molar-refractivity contribution is 7.88. The van der Waals surface area contributed by atoms with Crippen molar-refractivity contribution in [3.05, 3.63) is 59.2 Å². The Hall–Kier alpha value is -3.11. The fourth-order valence-corrected chi connectivity index (χ4v) is 4.68. The van der Waals surface area contributed by atoms with Gasteiger partial charge in [-0.05, 0) is 57.0 Å². The van der Waals surface area contributed by atoms with Crippen molar-refractivity contribution in [2.45, 2.75) is 52.1 Å². The molecule has 0 aliphatic carbocycles. The number of sulfonamides is 1. The molecule has 0 fully saturated rings. The maximum atomic E-state index is 12.7. The Morgan fingerprint density at radius 3 is 2.24 bits per heavy atom. The van der Waals surface area contributed by atoms with E-state index in [-0.39, 0.29) is 42.8 Å². The topological polar surface area (TPSA) is 123 Å². The maximum Gasteiger partial charge on any atom is 0.258 e. The smallest absolute Gasteiger partial charge is 0.258 e. The molecule has 34 heavy (non-hydrogen) atoms. The predicted molar refractivity (Wildman–Crippen MR) is 130 cm³/mol. The lowest BCUT2D eigenvalue weighted by Gasteiger charge is -2.14. The summed E-state index contributed by atoms with van der Waals surface area (Å²) >= 11 is 0. The summed E-state index contributed by atoms with van der Waals surface area (Å²) in [7, 11) is -2.06. The lowest BCUT2D eigenvalue weighted by molar-refractivity contribution is -0.123. The molecule has 0 aliphatic heterocycles. The fraction of sp³-hybridized carbons (Fsp3) is 0.417. The molecule has 0 atom stereocenters. The molecule has 186 valence electrons. The Balaban J connectivity index is 2.06. The average Bonchev–Trinajstić information content (AvgIpc) is 2.75. The van der Waals surface area contributed by atoms with Crippen molar-refractivity contribution in [2.75, 3.05) is 13.7 Å². The first kappa shape index (κ1) is 27.1. The van der Waals surface area contributed by atoms with Crippen LogP contribution < -0.4 is 24.8 Å². The van der Waals surface area contributed by atoms with E-state index in [2.05, 4.69) is 15.4 Å². The molecule has 2 aromatic carbocycles. The number of benzene rings is 2. The highest BCUT2D eigenvalue weighted by Crippen LogP contribution is 2.28. The molecule has 0 aromatic heterocycles. The second-order valence-corrected chi connectivity index (χ2v) is 10.1. The van der Waals surface area contributed by atoms with Crippen LogP contribution in [0, 0.1) is 0 Å². The number of nitrogens with one attached hydrogen (secondary N) is 3. The standard InChI is InChI=1S/C24H33N3O6S/c1-16(2)26-23(28)14-33-21-11-10-18(12-22(21)32-5)24(29)25-13-19-8-6-7-9-20(19)15-34(30,31)27-17(3)4/h6-12,16-17,27H,13-15H2,1-5H3,(H,25,29)(H,26,28). The molecule has 9 nitrogen and oxygen atoms in total. The van der Waals surface area contributed by atoms with Crippen LogP contribution in [0.4, 0.5) is 0 Å². The molecular weight excluding hydrogens is 458 g/mol. The number of hydrogen-bond donors (Lipinski definition) is 3. The number of carbonyl (C=O) groups excluding carboxylic acids is 2. The summed E-state index contributed by atoms with van der Waals surface area (Å²) in [5, 5.41) is 5.54. The molecule has 3 N–H and O–H groups in total. The van der Waals surface area contributed by atoms with Gasteiger partial charge < -0.3 is 20.1 Å². The van der Waals surface area contributed by atoms with Gasteiger partial charge in [-0.3, -0.25) is 9.59 Å². The first-order valence-electron chi connectivity index (χ1n) is 11.0. The zero-order chi connectivity index (χ0) is 25.3. The van der Waals surface area contributed by atoms with E-state index in [1.165, 1.54) is 13.2 Å². The van der Waals surface area contributed by atoms with Gasteiger partial charge in [-0.1, -0.05) is 24.3 Å². The van der Waals surface area contributed by atoms with Crippen molar-refractivity contribution in [2.24, 2.45) is 0 Å². The first-order chi connectivity index (χ1) is 16.0. The van der Waals surface area contributed by atoms with Crippen molar-refractivity contribution < 1.29 is 27.5 Å². The Morgan fingerprint density at radius 1 is 0.941 bits per heavy atom. The summed E-state index contributed by atoms with van der Waals surface area (Å²) in [6, 6.07) is 11.5. The van der Waals surface area contributed by atoms with E-state index in [0.29, 0.717) is 28.2 Å². The van der Waals surface area contributed by atoms with Gasteiger partial charge in [-0.15, -0.1) is 0 Å². The molecule has 2 aromatic rings. The van der Waals surface area contributed by atoms with Crippen LogP contribution in [0.15, 0.2) is 42.5 Å². The number of carbonyl (C=O) groups is 2. The molecule has 2 rings (SSSR count). The summed E-state index contributed by atoms with van der Waals surface area (Å²) < 4.78 is 38.0. The predicted octanol–water partition coefficient (Wildman–Crippen LogP) is 2.36. The van der Waals surface area contributed by atoms with Crippen LogP contribution in [0.2, 0.25) is 0 Å². The zero-order valence-corrected chi connectivity index (χ0v) is 21.0. The van der Waals surface area contributed by atoms with Crippen LogP contribution >= 0.6 is 0 Å². The number of rotatable bonds is 12. The van der Waals surface area contributed by atoms with Crippen LogP contribution in [0.1, 0.15) is 49.2 Å². The third-order valence-corrected chi connectivity index (χ3v) is 6.07. The summed E-state index contributed by atoms with van der Waals surface area (Å²) in [5.74, 6) is -0.146. The van der Waals surface area contributed by atoms with E-state index in [4.69, 9.17) is 9.47 Å². The van der Waals surface area contributed by atoms with Crippen molar-refractivity contribution >= 4 is 21.8 Å². The SMILES string of the molecule is COc1cc(C(=O)NCc2ccccc2CS(=O)(=O)NC(C)C)ccc1OCC(=O)NC(C)C. The van der Waals surface area contributed by atoms with Crippen molar-refractivity contribution in [3.8, 4) is 11.5 Å². The summed E-state index contributed by atoms with van der Waals surface area (Å²) in [4.78, 5) is 24.5. The minimum Gasteiger partial charge on any atom is -0.493 e. The second kappa shape index (κ2) is 12.4. The maximum absolute atomic E-state index is 12.7. The molecule has 2 amide bonds. The minimum atomic E-state index is -3.50. The monoisotopic (exact) mass is 491 g/mol. The Labute approximate surface area is 201 Å². The first-order valence-corrected chi connectivity index (χ1v) is 12.6. The van der Waals surface area contributed by atoms with Crippen LogP contribution in [0.3, 0.4) is 0 Å². The van der Waals surface area contributed by atoms with E-state index < -0.39 is 10.0 Å². The molecule has 0 spiro atoms. The molecule has 0 aliphatic rings. The van der Waals surface area contributed by atoms with Crippen LogP contribution in [0.25, 0.3) is 0 Å². The summed E-state index contributed by atoms with van der Waals surface area (Å²) in [6.45, 7) is 7.20. The molecule has 0 bridgehead atoms. The largest absolute Gasteiger partial charge is 0.493 e. The van der Waals surface area contributed by atoms with Crippen LogP contribution in [0.5, 0.6) is 11.5 Å². The highest BCUT2D eigenvalue weighted by Gasteiger charge is 2.17. The Kier molecular flexibility index (Phi) is 9.88.